The van der Waals surface area contributed by atoms with Crippen molar-refractivity contribution in [3.63, 3.8) is 0 Å². The summed E-state index contributed by atoms with van der Waals surface area (Å²) in [6.07, 6.45) is 1.04. The summed E-state index contributed by atoms with van der Waals surface area (Å²) in [7, 11) is 1.85. The van der Waals surface area contributed by atoms with Crippen LogP contribution in [0.2, 0.25) is 0 Å². The van der Waals surface area contributed by atoms with Crippen molar-refractivity contribution < 1.29 is 0 Å². The Morgan fingerprint density at radius 1 is 1.56 bits per heavy atom. The molecule has 0 bridgehead atoms. The van der Waals surface area contributed by atoms with Crippen molar-refractivity contribution in [3.8, 4) is 6.07 Å². The van der Waals surface area contributed by atoms with Crippen LogP contribution in [-0.4, -0.2) is 9.78 Å². The number of hydrogen-bond acceptors (Lipinski definition) is 4. The van der Waals surface area contributed by atoms with Crippen molar-refractivity contribution in [2.24, 2.45) is 7.05 Å². The first-order valence-electron chi connectivity index (χ1n) is 5.90. The van der Waals surface area contributed by atoms with Crippen molar-refractivity contribution in [2.75, 3.05) is 5.32 Å². The molecule has 0 atom stereocenters. The lowest BCUT2D eigenvalue weighted by molar-refractivity contribution is 0.758. The Hall–Kier alpha value is -1.80. The number of rotatable bonds is 4. The average Bonchev–Trinajstić information content (AvgIpc) is 2.90. The number of nitriles is 1. The molecule has 18 heavy (non-hydrogen) atoms. The number of nitrogens with one attached hydrogen (secondary N) is 1. The van der Waals surface area contributed by atoms with E-state index in [9.17, 15) is 0 Å². The number of anilines is 1. The van der Waals surface area contributed by atoms with E-state index in [1.807, 2.05) is 14.0 Å². The molecule has 4 nitrogen and oxygen atoms in total. The Morgan fingerprint density at radius 3 is 3.00 bits per heavy atom. The van der Waals surface area contributed by atoms with Crippen LogP contribution in [0.5, 0.6) is 0 Å². The van der Waals surface area contributed by atoms with Crippen molar-refractivity contribution in [1.29, 1.82) is 5.26 Å². The van der Waals surface area contributed by atoms with Gasteiger partial charge in [0.2, 0.25) is 0 Å². The van der Waals surface area contributed by atoms with E-state index in [4.69, 9.17) is 5.26 Å². The fourth-order valence-corrected chi connectivity index (χ4v) is 2.91. The van der Waals surface area contributed by atoms with E-state index in [1.165, 1.54) is 10.4 Å². The normalized spacial score (nSPS) is 10.3. The zero-order chi connectivity index (χ0) is 13.1. The predicted molar refractivity (Wildman–Crippen MR) is 73.7 cm³/mol. The summed E-state index contributed by atoms with van der Waals surface area (Å²) in [5.41, 5.74) is 2.77. The van der Waals surface area contributed by atoms with E-state index in [-0.39, 0.29) is 0 Å². The van der Waals surface area contributed by atoms with Crippen molar-refractivity contribution in [3.05, 3.63) is 33.1 Å². The first-order chi connectivity index (χ1) is 8.67. The molecule has 1 N–H and O–H groups in total. The molecule has 0 saturated carbocycles. The van der Waals surface area contributed by atoms with E-state index >= 15 is 0 Å². The van der Waals surface area contributed by atoms with Crippen LogP contribution in [0.25, 0.3) is 0 Å². The van der Waals surface area contributed by atoms with Gasteiger partial charge in [0, 0.05) is 11.9 Å². The molecule has 0 aliphatic carbocycles. The topological polar surface area (TPSA) is 53.6 Å². The van der Waals surface area contributed by atoms with E-state index in [1.54, 1.807) is 16.0 Å². The Balaban J connectivity index is 2.19. The zero-order valence-corrected chi connectivity index (χ0v) is 11.6. The van der Waals surface area contributed by atoms with Gasteiger partial charge in [-0.05, 0) is 30.4 Å². The molecule has 2 heterocycles. The lowest BCUT2D eigenvalue weighted by Gasteiger charge is -2.07. The van der Waals surface area contributed by atoms with Crippen LogP contribution >= 0.6 is 11.3 Å². The maximum absolute atomic E-state index is 9.13. The van der Waals surface area contributed by atoms with Gasteiger partial charge in [0.15, 0.2) is 0 Å². The second kappa shape index (κ2) is 5.23. The number of aromatic nitrogens is 2. The first kappa shape index (κ1) is 12.7. The summed E-state index contributed by atoms with van der Waals surface area (Å²) in [6.45, 7) is 4.75. The van der Waals surface area contributed by atoms with E-state index in [0.29, 0.717) is 5.56 Å². The Labute approximate surface area is 111 Å². The minimum Gasteiger partial charge on any atom is -0.364 e. The molecule has 0 radical (unpaired) electrons. The molecule has 94 valence electrons. The van der Waals surface area contributed by atoms with Gasteiger partial charge in [-0.1, -0.05) is 6.92 Å². The summed E-state index contributed by atoms with van der Waals surface area (Å²) >= 11 is 1.74. The third-order valence-corrected chi connectivity index (χ3v) is 3.93. The molecule has 0 saturated heterocycles. The maximum Gasteiger partial charge on any atom is 0.142 e. The van der Waals surface area contributed by atoms with Crippen LogP contribution in [-0.2, 0) is 20.0 Å². The second-order valence-corrected chi connectivity index (χ2v) is 5.12. The highest BCUT2D eigenvalue weighted by atomic mass is 32.1. The van der Waals surface area contributed by atoms with Gasteiger partial charge in [-0.25, -0.2) is 0 Å². The van der Waals surface area contributed by atoms with Crippen molar-refractivity contribution in [2.45, 2.75) is 26.8 Å². The molecular weight excluding hydrogens is 244 g/mol. The van der Waals surface area contributed by atoms with Crippen LogP contribution in [0, 0.1) is 18.3 Å². The quantitative estimate of drug-likeness (QED) is 0.919. The molecular formula is C13H16N4S. The van der Waals surface area contributed by atoms with Gasteiger partial charge in [-0.3, -0.25) is 4.68 Å². The van der Waals surface area contributed by atoms with Crippen LogP contribution in [0.15, 0.2) is 11.4 Å². The third kappa shape index (κ3) is 2.24. The number of hydrogen-bond donors (Lipinski definition) is 1. The van der Waals surface area contributed by atoms with Crippen LogP contribution in [0.4, 0.5) is 5.82 Å². The molecule has 5 heteroatoms. The molecule has 2 aromatic heterocycles. The first-order valence-corrected chi connectivity index (χ1v) is 6.78. The number of thiophene rings is 1. The molecule has 2 rings (SSSR count). The van der Waals surface area contributed by atoms with Crippen LogP contribution in [0.1, 0.15) is 28.6 Å². The highest BCUT2D eigenvalue weighted by Gasteiger charge is 2.13. The van der Waals surface area contributed by atoms with Gasteiger partial charge in [-0.15, -0.1) is 11.3 Å². The second-order valence-electron chi connectivity index (χ2n) is 4.12. The Bertz CT molecular complexity index is 589. The van der Waals surface area contributed by atoms with Gasteiger partial charge in [-0.2, -0.15) is 10.4 Å². The third-order valence-electron chi connectivity index (χ3n) is 2.97. The van der Waals surface area contributed by atoms with Gasteiger partial charge in [0.05, 0.1) is 12.2 Å². The fourth-order valence-electron chi connectivity index (χ4n) is 2.00. The molecule has 0 aromatic carbocycles. The summed E-state index contributed by atoms with van der Waals surface area (Å²) in [6, 6.07) is 4.36. The predicted octanol–water partition coefficient (Wildman–Crippen LogP) is 2.84. The molecule has 0 fully saturated rings. The summed E-state index contributed by atoms with van der Waals surface area (Å²) in [5, 5.41) is 18.8. The van der Waals surface area contributed by atoms with Crippen molar-refractivity contribution in [1.82, 2.24) is 9.78 Å². The number of aryl methyl sites for hydroxylation is 3. The lowest BCUT2D eigenvalue weighted by Crippen LogP contribution is -2.06. The Morgan fingerprint density at radius 2 is 2.33 bits per heavy atom. The molecule has 2 aromatic rings. The highest BCUT2D eigenvalue weighted by Crippen LogP contribution is 2.22. The standard InChI is InChI=1S/C13H16N4S/c1-4-10-5-6-18-12(10)8-15-13-11(7-14)9(2)16-17(13)3/h5-6,15H,4,8H2,1-3H3. The van der Waals surface area contributed by atoms with E-state index in [0.717, 1.165) is 24.5 Å². The van der Waals surface area contributed by atoms with Gasteiger partial charge in [0.25, 0.3) is 0 Å². The molecule has 0 aliphatic heterocycles. The van der Waals surface area contributed by atoms with Crippen LogP contribution in [0.3, 0.4) is 0 Å². The van der Waals surface area contributed by atoms with Gasteiger partial charge in [0.1, 0.15) is 17.5 Å². The summed E-state index contributed by atoms with van der Waals surface area (Å²) in [4.78, 5) is 1.32. The number of nitrogens with zero attached hydrogens (tertiary/aromatic N) is 3. The Kier molecular flexibility index (Phi) is 3.68. The minimum atomic E-state index is 0.632. The SMILES string of the molecule is CCc1ccsc1CNc1c(C#N)c(C)nn1C. The molecule has 0 unspecified atom stereocenters. The molecule has 0 spiro atoms. The van der Waals surface area contributed by atoms with E-state index in [2.05, 4.69) is 34.9 Å². The van der Waals surface area contributed by atoms with Crippen molar-refractivity contribution >= 4 is 17.2 Å². The minimum absolute atomic E-state index is 0.632. The zero-order valence-electron chi connectivity index (χ0n) is 10.8. The largest absolute Gasteiger partial charge is 0.364 e. The van der Waals surface area contributed by atoms with Gasteiger partial charge >= 0.3 is 0 Å². The summed E-state index contributed by atoms with van der Waals surface area (Å²) < 4.78 is 1.73. The highest BCUT2D eigenvalue weighted by molar-refractivity contribution is 7.10. The maximum atomic E-state index is 9.13. The van der Waals surface area contributed by atoms with E-state index < -0.39 is 0 Å². The average molecular weight is 260 g/mol. The summed E-state index contributed by atoms with van der Waals surface area (Å²) in [5.74, 6) is 0.797. The van der Waals surface area contributed by atoms with Gasteiger partial charge < -0.3 is 5.32 Å². The molecule has 0 amide bonds. The van der Waals surface area contributed by atoms with Crippen LogP contribution < -0.4 is 5.32 Å². The molecule has 0 aliphatic rings. The smallest absolute Gasteiger partial charge is 0.142 e. The lowest BCUT2D eigenvalue weighted by atomic mass is 10.2. The fraction of sp³-hybridized carbons (Fsp3) is 0.385. The monoisotopic (exact) mass is 260 g/mol.